The molecule has 1 aromatic heterocycles. The number of aliphatic hydroxyl groups is 1. The number of aliphatic hydroxyl groups excluding tert-OH is 1. The van der Waals surface area contributed by atoms with Gasteiger partial charge in [-0.25, -0.2) is 4.39 Å². The summed E-state index contributed by atoms with van der Waals surface area (Å²) in [5.41, 5.74) is 2.91. The summed E-state index contributed by atoms with van der Waals surface area (Å²) >= 11 is 0.895. The number of carbonyl (C=O) groups is 1. The number of nitrogens with one attached hydrogen (secondary N) is 1. The number of halogens is 2. The van der Waals surface area contributed by atoms with Gasteiger partial charge in [-0.15, -0.1) is 11.3 Å². The van der Waals surface area contributed by atoms with E-state index in [-0.39, 0.29) is 0 Å². The molecule has 0 bridgehead atoms. The fourth-order valence-electron chi connectivity index (χ4n) is 4.71. The molecule has 3 N–H and O–H groups in total. The zero-order valence-corrected chi connectivity index (χ0v) is 22.1. The highest BCUT2D eigenvalue weighted by Gasteiger charge is 2.51. The van der Waals surface area contributed by atoms with Crippen molar-refractivity contribution in [2.45, 2.75) is 37.7 Å². The molecule has 2 atom stereocenters. The fourth-order valence-corrected chi connectivity index (χ4v) is 5.56. The van der Waals surface area contributed by atoms with E-state index in [1.165, 1.54) is 19.2 Å². The molecule has 1 unspecified atom stereocenters. The molecular formula is C30H27F2NO5S. The molecule has 0 amide bonds. The Bertz CT molecular complexity index is 1500. The molecule has 202 valence electrons. The molecule has 1 heterocycles. The standard InChI is InChI=1S/C30H27F2NO5S/c1-17(21-5-3-4-6-23(21)31)38-29(36)33-24-16-26(32)39-27(24)19-9-12-22(25(15-19)37-2)18-7-10-20(11-8-18)30(13-14-30)28(34)35/h3-12,15-17,29,33,36H,13-14H2,1-2H3,(H,34,35)/t17-,29?/m1/s1. The normalized spacial score (nSPS) is 15.4. The number of rotatable bonds is 10. The van der Waals surface area contributed by atoms with Crippen LogP contribution in [0.1, 0.15) is 37.0 Å². The lowest BCUT2D eigenvalue weighted by molar-refractivity contribution is -0.140. The first-order valence-corrected chi connectivity index (χ1v) is 13.2. The molecule has 5 rings (SSSR count). The highest BCUT2D eigenvalue weighted by Crippen LogP contribution is 2.49. The summed E-state index contributed by atoms with van der Waals surface area (Å²) in [4.78, 5) is 12.2. The van der Waals surface area contributed by atoms with Gasteiger partial charge in [-0.3, -0.25) is 4.79 Å². The molecule has 3 aromatic carbocycles. The van der Waals surface area contributed by atoms with Gasteiger partial charge in [0.15, 0.2) is 5.13 Å². The van der Waals surface area contributed by atoms with E-state index in [9.17, 15) is 23.8 Å². The number of carboxylic acid groups (broad SMARTS) is 1. The topological polar surface area (TPSA) is 88.0 Å². The summed E-state index contributed by atoms with van der Waals surface area (Å²) in [5.74, 6) is -0.707. The summed E-state index contributed by atoms with van der Waals surface area (Å²) in [5, 5.41) is 22.3. The van der Waals surface area contributed by atoms with Crippen molar-refractivity contribution in [1.29, 1.82) is 0 Å². The minimum absolute atomic E-state index is 0.290. The van der Waals surface area contributed by atoms with Crippen LogP contribution in [0.2, 0.25) is 0 Å². The van der Waals surface area contributed by atoms with Crippen LogP contribution in [0, 0.1) is 10.9 Å². The summed E-state index contributed by atoms with van der Waals surface area (Å²) in [6, 6.07) is 20.2. The second kappa shape index (κ2) is 10.8. The molecule has 0 spiro atoms. The van der Waals surface area contributed by atoms with E-state index in [1.54, 1.807) is 31.2 Å². The van der Waals surface area contributed by atoms with Gasteiger partial charge in [0.25, 0.3) is 0 Å². The third-order valence-electron chi connectivity index (χ3n) is 7.03. The number of aliphatic carboxylic acids is 1. The third-order valence-corrected chi connectivity index (χ3v) is 8.00. The Morgan fingerprint density at radius 2 is 1.72 bits per heavy atom. The van der Waals surface area contributed by atoms with E-state index in [2.05, 4.69) is 5.32 Å². The maximum absolute atomic E-state index is 14.4. The van der Waals surface area contributed by atoms with E-state index in [1.807, 2.05) is 36.4 Å². The molecule has 1 aliphatic rings. The number of anilines is 1. The Kier molecular flexibility index (Phi) is 7.40. The Morgan fingerprint density at radius 1 is 1.03 bits per heavy atom. The first-order chi connectivity index (χ1) is 18.7. The summed E-state index contributed by atoms with van der Waals surface area (Å²) in [6.07, 6.45) is -1.01. The molecule has 9 heteroatoms. The van der Waals surface area contributed by atoms with Crippen LogP contribution in [0.4, 0.5) is 14.5 Å². The number of thiophene rings is 1. The van der Waals surface area contributed by atoms with Crippen LogP contribution in [0.3, 0.4) is 0 Å². The van der Waals surface area contributed by atoms with Gasteiger partial charge in [0.1, 0.15) is 11.6 Å². The molecule has 1 fully saturated rings. The van der Waals surface area contributed by atoms with Crippen LogP contribution in [-0.4, -0.2) is 29.7 Å². The van der Waals surface area contributed by atoms with Crippen LogP contribution >= 0.6 is 11.3 Å². The summed E-state index contributed by atoms with van der Waals surface area (Å²) in [7, 11) is 1.54. The van der Waals surface area contributed by atoms with Crippen molar-refractivity contribution in [3.63, 3.8) is 0 Å². The van der Waals surface area contributed by atoms with Gasteiger partial charge in [-0.05, 0) is 48.6 Å². The second-order valence-corrected chi connectivity index (χ2v) is 10.5. The number of methoxy groups -OCH3 is 1. The van der Waals surface area contributed by atoms with Gasteiger partial charge < -0.3 is 25.0 Å². The number of hydrogen-bond donors (Lipinski definition) is 3. The zero-order valence-electron chi connectivity index (χ0n) is 21.3. The van der Waals surface area contributed by atoms with Crippen molar-refractivity contribution in [2.24, 2.45) is 0 Å². The van der Waals surface area contributed by atoms with Crippen LogP contribution in [0.25, 0.3) is 21.6 Å². The molecule has 1 saturated carbocycles. The quantitative estimate of drug-likeness (QED) is 0.185. The van der Waals surface area contributed by atoms with Gasteiger partial charge in [0, 0.05) is 17.2 Å². The van der Waals surface area contributed by atoms with Crippen LogP contribution < -0.4 is 10.1 Å². The maximum atomic E-state index is 14.4. The predicted molar refractivity (Wildman–Crippen MR) is 146 cm³/mol. The Balaban J connectivity index is 1.36. The molecule has 0 saturated heterocycles. The predicted octanol–water partition coefficient (Wildman–Crippen LogP) is 6.95. The second-order valence-electron chi connectivity index (χ2n) is 9.47. The molecule has 4 aromatic rings. The lowest BCUT2D eigenvalue weighted by Crippen LogP contribution is -2.24. The van der Waals surface area contributed by atoms with Crippen LogP contribution in [-0.2, 0) is 14.9 Å². The van der Waals surface area contributed by atoms with E-state index in [0.717, 1.165) is 28.0 Å². The number of hydrogen-bond acceptors (Lipinski definition) is 6. The van der Waals surface area contributed by atoms with Crippen molar-refractivity contribution in [2.75, 3.05) is 12.4 Å². The number of carboxylic acids is 1. The van der Waals surface area contributed by atoms with Gasteiger partial charge in [-0.2, -0.15) is 4.39 Å². The minimum Gasteiger partial charge on any atom is -0.496 e. The molecule has 0 aliphatic heterocycles. The summed E-state index contributed by atoms with van der Waals surface area (Å²) in [6.45, 7) is 1.61. The SMILES string of the molecule is COc1cc(-c2sc(F)cc2NC(O)O[C@H](C)c2ccccc2F)ccc1-c1ccc(C2(C(=O)O)CC2)cc1. The van der Waals surface area contributed by atoms with Crippen molar-refractivity contribution < 1.29 is 33.3 Å². The van der Waals surface area contributed by atoms with Crippen molar-refractivity contribution in [3.8, 4) is 27.3 Å². The Labute approximate surface area is 228 Å². The van der Waals surface area contributed by atoms with Crippen LogP contribution in [0.5, 0.6) is 5.75 Å². The van der Waals surface area contributed by atoms with E-state index in [0.29, 0.717) is 40.3 Å². The van der Waals surface area contributed by atoms with E-state index < -0.39 is 34.9 Å². The van der Waals surface area contributed by atoms with Crippen molar-refractivity contribution >= 4 is 23.0 Å². The number of benzene rings is 3. The van der Waals surface area contributed by atoms with Crippen molar-refractivity contribution in [1.82, 2.24) is 0 Å². The Hall–Kier alpha value is -3.79. The fraction of sp³-hybridized carbons (Fsp3) is 0.233. The zero-order chi connectivity index (χ0) is 27.7. The largest absolute Gasteiger partial charge is 0.496 e. The third kappa shape index (κ3) is 5.38. The first-order valence-electron chi connectivity index (χ1n) is 12.4. The lowest BCUT2D eigenvalue weighted by atomic mass is 9.93. The Morgan fingerprint density at radius 3 is 2.36 bits per heavy atom. The highest BCUT2D eigenvalue weighted by atomic mass is 32.1. The van der Waals surface area contributed by atoms with Gasteiger partial charge >= 0.3 is 5.97 Å². The molecular weight excluding hydrogens is 524 g/mol. The molecule has 39 heavy (non-hydrogen) atoms. The molecule has 1 aliphatic carbocycles. The first kappa shape index (κ1) is 26.8. The van der Waals surface area contributed by atoms with E-state index in [4.69, 9.17) is 9.47 Å². The average molecular weight is 552 g/mol. The number of ether oxygens (including phenoxy) is 2. The summed E-state index contributed by atoms with van der Waals surface area (Å²) < 4.78 is 39.6. The van der Waals surface area contributed by atoms with Crippen molar-refractivity contribution in [3.05, 3.63) is 94.9 Å². The smallest absolute Gasteiger partial charge is 0.314 e. The highest BCUT2D eigenvalue weighted by molar-refractivity contribution is 7.14. The van der Waals surface area contributed by atoms with Gasteiger partial charge in [-0.1, -0.05) is 54.6 Å². The average Bonchev–Trinajstić information content (AvgIpc) is 3.66. The maximum Gasteiger partial charge on any atom is 0.314 e. The molecule has 6 nitrogen and oxygen atoms in total. The van der Waals surface area contributed by atoms with E-state index >= 15 is 0 Å². The lowest BCUT2D eigenvalue weighted by Gasteiger charge is -2.20. The minimum atomic E-state index is -1.52. The van der Waals surface area contributed by atoms with Crippen LogP contribution in [0.15, 0.2) is 72.8 Å². The van der Waals surface area contributed by atoms with Gasteiger partial charge in [0.05, 0.1) is 29.2 Å². The monoisotopic (exact) mass is 551 g/mol. The molecule has 0 radical (unpaired) electrons. The van der Waals surface area contributed by atoms with Gasteiger partial charge in [0.2, 0.25) is 6.41 Å².